The van der Waals surface area contributed by atoms with Crippen molar-refractivity contribution in [3.63, 3.8) is 0 Å². The normalized spacial score (nSPS) is 14.5. The Morgan fingerprint density at radius 2 is 1.97 bits per heavy atom. The van der Waals surface area contributed by atoms with Crippen molar-refractivity contribution in [2.45, 2.75) is 39.3 Å². The van der Waals surface area contributed by atoms with E-state index in [2.05, 4.69) is 30.9 Å². The lowest BCUT2D eigenvalue weighted by Gasteiger charge is -2.16. The van der Waals surface area contributed by atoms with Gasteiger partial charge < -0.3 is 10.6 Å². The molecule has 1 aliphatic rings. The van der Waals surface area contributed by atoms with Gasteiger partial charge in [-0.25, -0.2) is 13.9 Å². The van der Waals surface area contributed by atoms with Crippen LogP contribution in [0.2, 0.25) is 0 Å². The first-order chi connectivity index (χ1) is 18.8. The molecular weight excluding hydrogens is 501 g/mol. The lowest BCUT2D eigenvalue weighted by molar-refractivity contribution is 0.0927. The van der Waals surface area contributed by atoms with E-state index in [4.69, 9.17) is 0 Å². The number of amides is 2. The molecule has 2 aromatic carbocycles. The first-order valence-corrected chi connectivity index (χ1v) is 12.5. The molecule has 3 N–H and O–H groups in total. The van der Waals surface area contributed by atoms with Gasteiger partial charge in [-0.3, -0.25) is 19.5 Å². The topological polar surface area (TPSA) is 134 Å². The molecule has 11 heteroatoms. The van der Waals surface area contributed by atoms with Crippen molar-refractivity contribution >= 4 is 34.1 Å². The number of hydrogen-bond donors (Lipinski definition) is 3. The van der Waals surface area contributed by atoms with Crippen molar-refractivity contribution in [1.82, 2.24) is 35.4 Å². The molecule has 39 heavy (non-hydrogen) atoms. The zero-order valence-corrected chi connectivity index (χ0v) is 21.2. The summed E-state index contributed by atoms with van der Waals surface area (Å²) >= 11 is 0. The minimum Gasteiger partial charge on any atom is -0.347 e. The van der Waals surface area contributed by atoms with Gasteiger partial charge in [0.2, 0.25) is 0 Å². The highest BCUT2D eigenvalue weighted by atomic mass is 19.1. The van der Waals surface area contributed by atoms with Gasteiger partial charge in [-0.05, 0) is 61.1 Å². The molecule has 0 aliphatic heterocycles. The van der Waals surface area contributed by atoms with Crippen LogP contribution in [0.3, 0.4) is 0 Å². The molecule has 3 heterocycles. The number of hydrogen-bond acceptors (Lipinski definition) is 6. The standard InChI is InChI=1S/C28H24FN7O3/c1-14-18(15(2)37)4-5-20-19(14)6-8-23(20)34-28(39)25-10-24(33-26-21(29)13-32-36(25)26)27(38)30-11-16-3-7-22-17(9-16)12-31-35-22/h3-5,7,9-10,12-13,23H,6,8,11H2,1-2H3,(H,30,38)(H,31,35)(H,34,39)/t23-/m0/s1. The Bertz CT molecular complexity index is 1810. The third-order valence-corrected chi connectivity index (χ3v) is 7.23. The molecule has 0 spiro atoms. The number of Topliss-reactive ketones (excluding diaryl/α,β-unsaturated/α-hetero) is 1. The van der Waals surface area contributed by atoms with E-state index in [0.717, 1.165) is 43.9 Å². The molecule has 5 aromatic rings. The number of aromatic amines is 1. The first kappa shape index (κ1) is 24.4. The number of nitrogens with one attached hydrogen (secondary N) is 3. The van der Waals surface area contributed by atoms with Crippen molar-refractivity contribution < 1.29 is 18.8 Å². The fourth-order valence-corrected chi connectivity index (χ4v) is 5.23. The summed E-state index contributed by atoms with van der Waals surface area (Å²) in [5, 5.41) is 17.5. The quantitative estimate of drug-likeness (QED) is 0.290. The molecule has 196 valence electrons. The van der Waals surface area contributed by atoms with Crippen molar-refractivity contribution in [3.8, 4) is 0 Å². The lowest BCUT2D eigenvalue weighted by atomic mass is 9.96. The predicted octanol–water partition coefficient (Wildman–Crippen LogP) is 3.60. The number of carbonyl (C=O) groups is 3. The summed E-state index contributed by atoms with van der Waals surface area (Å²) in [6, 6.07) is 10.3. The summed E-state index contributed by atoms with van der Waals surface area (Å²) in [6.07, 6.45) is 4.02. The van der Waals surface area contributed by atoms with Gasteiger partial charge in [0, 0.05) is 23.6 Å². The number of H-pyrrole nitrogens is 1. The van der Waals surface area contributed by atoms with Gasteiger partial charge in [0.1, 0.15) is 11.4 Å². The number of rotatable bonds is 6. The number of aromatic nitrogens is 5. The van der Waals surface area contributed by atoms with E-state index in [9.17, 15) is 18.8 Å². The molecule has 0 unspecified atom stereocenters. The molecule has 10 nitrogen and oxygen atoms in total. The third-order valence-electron chi connectivity index (χ3n) is 7.23. The van der Waals surface area contributed by atoms with Gasteiger partial charge in [-0.15, -0.1) is 0 Å². The highest BCUT2D eigenvalue weighted by Crippen LogP contribution is 2.35. The van der Waals surface area contributed by atoms with Gasteiger partial charge in [0.05, 0.1) is 24.0 Å². The van der Waals surface area contributed by atoms with E-state index < -0.39 is 17.6 Å². The third kappa shape index (κ3) is 4.31. The Morgan fingerprint density at radius 1 is 1.13 bits per heavy atom. The second-order valence-electron chi connectivity index (χ2n) is 9.66. The Morgan fingerprint density at radius 3 is 2.79 bits per heavy atom. The molecule has 0 bridgehead atoms. The largest absolute Gasteiger partial charge is 0.347 e. The van der Waals surface area contributed by atoms with Crippen LogP contribution in [0.4, 0.5) is 4.39 Å². The molecule has 2 amide bonds. The van der Waals surface area contributed by atoms with Gasteiger partial charge in [-0.2, -0.15) is 10.2 Å². The highest BCUT2D eigenvalue weighted by Gasteiger charge is 2.29. The van der Waals surface area contributed by atoms with Gasteiger partial charge in [0.15, 0.2) is 17.2 Å². The zero-order valence-electron chi connectivity index (χ0n) is 21.2. The lowest BCUT2D eigenvalue weighted by Crippen LogP contribution is -2.30. The van der Waals surface area contributed by atoms with Crippen LogP contribution in [-0.4, -0.2) is 42.4 Å². The maximum atomic E-state index is 14.5. The molecule has 3 aromatic heterocycles. The van der Waals surface area contributed by atoms with E-state index >= 15 is 0 Å². The number of nitrogens with zero attached hydrogens (tertiary/aromatic N) is 4. The van der Waals surface area contributed by atoms with E-state index in [1.54, 1.807) is 12.3 Å². The summed E-state index contributed by atoms with van der Waals surface area (Å²) in [4.78, 5) is 42.5. The van der Waals surface area contributed by atoms with Crippen LogP contribution in [-0.2, 0) is 13.0 Å². The summed E-state index contributed by atoms with van der Waals surface area (Å²) in [7, 11) is 0. The smallest absolute Gasteiger partial charge is 0.270 e. The SMILES string of the molecule is CC(=O)c1ccc2c(c1C)CC[C@@H]2NC(=O)c1cc(C(=O)NCc2ccc3[nH]ncc3c2)nc2c(F)cnn12. The average molecular weight is 526 g/mol. The molecular formula is C28H24FN7O3. The summed E-state index contributed by atoms with van der Waals surface area (Å²) < 4.78 is 15.6. The number of halogens is 1. The monoisotopic (exact) mass is 525 g/mol. The molecule has 0 fully saturated rings. The minimum absolute atomic E-state index is 0.00416. The van der Waals surface area contributed by atoms with Crippen LogP contribution in [0.5, 0.6) is 0 Å². The average Bonchev–Trinajstić information content (AvgIpc) is 3.65. The molecule has 1 atom stereocenters. The second kappa shape index (κ2) is 9.43. The molecule has 1 aliphatic carbocycles. The van der Waals surface area contributed by atoms with E-state index in [1.165, 1.54) is 13.0 Å². The van der Waals surface area contributed by atoms with E-state index in [-0.39, 0.29) is 35.4 Å². The van der Waals surface area contributed by atoms with Crippen LogP contribution in [0.15, 0.2) is 48.8 Å². The number of carbonyl (C=O) groups excluding carboxylic acids is 3. The number of ketones is 1. The number of benzene rings is 2. The summed E-state index contributed by atoms with van der Waals surface area (Å²) in [6.45, 7) is 3.65. The molecule has 6 rings (SSSR count). The van der Waals surface area contributed by atoms with Crippen LogP contribution >= 0.6 is 0 Å². The summed E-state index contributed by atoms with van der Waals surface area (Å²) in [5.41, 5.74) is 4.96. The molecule has 0 saturated heterocycles. The Kier molecular flexibility index (Phi) is 5.90. The highest BCUT2D eigenvalue weighted by molar-refractivity contribution is 5.99. The van der Waals surface area contributed by atoms with Crippen LogP contribution in [0.25, 0.3) is 16.6 Å². The first-order valence-electron chi connectivity index (χ1n) is 12.5. The Balaban J connectivity index is 1.26. The Hall–Kier alpha value is -4.93. The van der Waals surface area contributed by atoms with E-state index in [1.807, 2.05) is 31.2 Å². The van der Waals surface area contributed by atoms with Gasteiger partial charge in [0.25, 0.3) is 11.8 Å². The van der Waals surface area contributed by atoms with Crippen LogP contribution < -0.4 is 10.6 Å². The van der Waals surface area contributed by atoms with Crippen LogP contribution in [0, 0.1) is 12.7 Å². The molecule has 0 saturated carbocycles. The number of fused-ring (bicyclic) bond motifs is 3. The van der Waals surface area contributed by atoms with Crippen molar-refractivity contribution in [2.75, 3.05) is 0 Å². The van der Waals surface area contributed by atoms with Crippen LogP contribution in [0.1, 0.15) is 73.0 Å². The van der Waals surface area contributed by atoms with Crippen molar-refractivity contribution in [2.24, 2.45) is 0 Å². The molecule has 0 radical (unpaired) electrons. The van der Waals surface area contributed by atoms with E-state index in [0.29, 0.717) is 18.4 Å². The second-order valence-corrected chi connectivity index (χ2v) is 9.66. The van der Waals surface area contributed by atoms with Gasteiger partial charge in [-0.1, -0.05) is 18.2 Å². The maximum Gasteiger partial charge on any atom is 0.270 e. The van der Waals surface area contributed by atoms with Crippen molar-refractivity contribution in [1.29, 1.82) is 0 Å². The predicted molar refractivity (Wildman–Crippen MR) is 140 cm³/mol. The minimum atomic E-state index is -0.747. The fraction of sp³-hybridized carbons (Fsp3) is 0.214. The maximum absolute atomic E-state index is 14.5. The summed E-state index contributed by atoms with van der Waals surface area (Å²) in [5.74, 6) is -1.83. The Labute approximate surface area is 221 Å². The van der Waals surface area contributed by atoms with Crippen molar-refractivity contribution in [3.05, 3.63) is 93.8 Å². The fourth-order valence-electron chi connectivity index (χ4n) is 5.23. The zero-order chi connectivity index (χ0) is 27.3. The van der Waals surface area contributed by atoms with Gasteiger partial charge >= 0.3 is 0 Å².